The Morgan fingerprint density at radius 1 is 0.897 bits per heavy atom. The van der Waals surface area contributed by atoms with Gasteiger partial charge in [0, 0.05) is 95.2 Å². The molecular weight excluding hydrogens is 955 g/mol. The van der Waals surface area contributed by atoms with Crippen molar-refractivity contribution >= 4 is 94.4 Å². The summed E-state index contributed by atoms with van der Waals surface area (Å²) in [6.07, 6.45) is 9.99. The number of aromatic nitrogens is 6. The van der Waals surface area contributed by atoms with E-state index in [0.29, 0.717) is 57.7 Å². The van der Waals surface area contributed by atoms with Gasteiger partial charge in [0.2, 0.25) is 27.8 Å². The van der Waals surface area contributed by atoms with Gasteiger partial charge < -0.3 is 25.2 Å². The fraction of sp³-hybridized carbons (Fsp3) is 0.426. The lowest BCUT2D eigenvalue weighted by atomic mass is 9.99. The summed E-state index contributed by atoms with van der Waals surface area (Å²) in [7, 11) is -2.00. The number of hydrogen-bond donors (Lipinski definition) is 4. The number of para-hydroxylation sites is 1. The number of methoxy groups -OCH3 is 1. The first-order valence-electron chi connectivity index (χ1n) is 23.1. The van der Waals surface area contributed by atoms with Crippen LogP contribution in [0.25, 0.3) is 22.1 Å². The molecule has 358 valence electrons. The molecule has 3 saturated heterocycles. The number of hydrogen-bond acceptors (Lipinski definition) is 15. The number of piperazine rings is 1. The van der Waals surface area contributed by atoms with Gasteiger partial charge in [-0.2, -0.15) is 4.98 Å². The van der Waals surface area contributed by atoms with Crippen molar-refractivity contribution < 1.29 is 22.7 Å². The topological polar surface area (TPSA) is 214 Å². The van der Waals surface area contributed by atoms with Crippen LogP contribution < -0.4 is 36.0 Å². The molecule has 3 fully saturated rings. The van der Waals surface area contributed by atoms with Crippen LogP contribution in [0.5, 0.6) is 5.75 Å². The number of imidazole rings is 1. The van der Waals surface area contributed by atoms with Crippen LogP contribution in [-0.4, -0.2) is 124 Å². The number of imide groups is 1. The first-order valence-corrected chi connectivity index (χ1v) is 25.8. The van der Waals surface area contributed by atoms with Crippen molar-refractivity contribution in [3.63, 3.8) is 0 Å². The number of piperidine rings is 2. The van der Waals surface area contributed by atoms with E-state index in [-0.39, 0.29) is 23.7 Å². The lowest BCUT2D eigenvalue weighted by molar-refractivity contribution is -0.135. The minimum absolute atomic E-state index is 0.210. The van der Waals surface area contributed by atoms with E-state index in [1.807, 2.05) is 19.1 Å². The van der Waals surface area contributed by atoms with Gasteiger partial charge in [-0.05, 0) is 90.4 Å². The smallest absolute Gasteiger partial charge is 0.329 e. The first-order chi connectivity index (χ1) is 32.8. The van der Waals surface area contributed by atoms with E-state index < -0.39 is 22.0 Å². The number of nitrogens with one attached hydrogen (secondary N) is 4. The zero-order valence-electron chi connectivity index (χ0n) is 38.6. The van der Waals surface area contributed by atoms with Crippen molar-refractivity contribution in [1.82, 2.24) is 44.2 Å². The number of carbonyl (C=O) groups is 2. The van der Waals surface area contributed by atoms with Crippen LogP contribution in [0, 0.1) is 0 Å². The van der Waals surface area contributed by atoms with Crippen molar-refractivity contribution in [2.45, 2.75) is 71.0 Å². The van der Waals surface area contributed by atoms with Crippen LogP contribution in [0.4, 0.5) is 34.5 Å². The van der Waals surface area contributed by atoms with Gasteiger partial charge >= 0.3 is 5.69 Å². The summed E-state index contributed by atoms with van der Waals surface area (Å²) < 4.78 is 37.2. The second kappa shape index (κ2) is 19.8. The molecule has 3 aromatic heterocycles. The quantitative estimate of drug-likeness (QED) is 0.0928. The van der Waals surface area contributed by atoms with E-state index in [4.69, 9.17) is 9.72 Å². The van der Waals surface area contributed by atoms with Crippen LogP contribution in [0.2, 0.25) is 0 Å². The number of rotatable bonds is 15. The van der Waals surface area contributed by atoms with E-state index in [2.05, 4.69) is 91.4 Å². The molecule has 3 aliphatic rings. The van der Waals surface area contributed by atoms with Gasteiger partial charge in [0.1, 0.15) is 23.1 Å². The molecule has 0 bridgehead atoms. The van der Waals surface area contributed by atoms with E-state index >= 15 is 0 Å². The Kier molecular flexibility index (Phi) is 13.7. The Balaban J connectivity index is 0.821. The van der Waals surface area contributed by atoms with Crippen LogP contribution >= 0.6 is 15.9 Å². The maximum absolute atomic E-state index is 13.7. The predicted molar refractivity (Wildman–Crippen MR) is 267 cm³/mol. The standard InChI is InChI=1S/C47H56BrN13O6S/c1-5-29-26-35(53-46-51-28-32(48)44(55-46)52-34-11-10-33-41(50-18-17-49-33)42(34)56-68(4,65)66)39(67-3)27-38(29)59-20-15-31(16-21-59)58-24-22-57(23-25-58)19-14-30-8-7-9-36-43(30)60(6-2)47(64)61(36)37-12-13-40(62)54-45(37)63/h7-11,17-18,26-28,31,37,56H,5-6,12-16,19-25H2,1-4H3,(H,54,62,63)(H2,51,52,53,55). The van der Waals surface area contributed by atoms with E-state index in [1.54, 1.807) is 40.8 Å². The van der Waals surface area contributed by atoms with Crippen LogP contribution in [0.1, 0.15) is 56.7 Å². The highest BCUT2D eigenvalue weighted by Gasteiger charge is 2.33. The monoisotopic (exact) mass is 1010 g/mol. The number of nitrogens with zero attached hydrogens (tertiary/aromatic N) is 9. The van der Waals surface area contributed by atoms with Gasteiger partial charge in [0.05, 0.1) is 51.5 Å². The molecule has 19 nitrogen and oxygen atoms in total. The van der Waals surface area contributed by atoms with Gasteiger partial charge in [-0.1, -0.05) is 19.1 Å². The van der Waals surface area contributed by atoms with Crippen LogP contribution in [0.15, 0.2) is 70.3 Å². The molecule has 2 amide bonds. The van der Waals surface area contributed by atoms with Crippen molar-refractivity contribution in [2.24, 2.45) is 0 Å². The number of benzene rings is 3. The number of halogens is 1. The second-order valence-corrected chi connectivity index (χ2v) is 20.1. The molecule has 9 rings (SSSR count). The summed E-state index contributed by atoms with van der Waals surface area (Å²) in [6, 6.07) is 13.4. The summed E-state index contributed by atoms with van der Waals surface area (Å²) >= 11 is 3.54. The van der Waals surface area contributed by atoms with Crippen molar-refractivity contribution in [3.8, 4) is 5.75 Å². The molecular formula is C47H56BrN13O6S. The number of ether oxygens (including phenoxy) is 1. The lowest BCUT2D eigenvalue weighted by Gasteiger charge is -2.43. The molecule has 3 aromatic carbocycles. The molecule has 68 heavy (non-hydrogen) atoms. The highest BCUT2D eigenvalue weighted by atomic mass is 79.9. The number of fused-ring (bicyclic) bond motifs is 2. The van der Waals surface area contributed by atoms with E-state index in [1.165, 1.54) is 11.8 Å². The minimum Gasteiger partial charge on any atom is -0.494 e. The number of aryl methyl sites for hydroxylation is 2. The maximum atomic E-state index is 13.7. The zero-order valence-corrected chi connectivity index (χ0v) is 41.0. The molecule has 4 N–H and O–H groups in total. The SMILES string of the molecule is CCc1cc(Nc2ncc(Br)c(Nc3ccc4nccnc4c3NS(C)(=O)=O)n2)c(OC)cc1N1CCC(N2CCN(CCc3cccc4c3n(CC)c(=O)n4C3CCC(=O)NC3=O)CC2)CC1. The number of carbonyl (C=O) groups excluding carboxylic acids is 2. The van der Waals surface area contributed by atoms with Crippen molar-refractivity contribution in [2.75, 3.05) is 79.4 Å². The van der Waals surface area contributed by atoms with Crippen LogP contribution in [-0.2, 0) is 39.0 Å². The first kappa shape index (κ1) is 46.9. The normalized spacial score (nSPS) is 17.7. The van der Waals surface area contributed by atoms with Crippen molar-refractivity contribution in [3.05, 3.63) is 87.1 Å². The largest absolute Gasteiger partial charge is 0.494 e. The average Bonchev–Trinajstić information content (AvgIpc) is 3.63. The Bertz CT molecular complexity index is 3060. The number of sulfonamides is 1. The third-order valence-corrected chi connectivity index (χ3v) is 14.4. The molecule has 0 spiro atoms. The van der Waals surface area contributed by atoms with E-state index in [9.17, 15) is 22.8 Å². The average molecular weight is 1010 g/mol. The van der Waals surface area contributed by atoms with Gasteiger partial charge in [-0.25, -0.2) is 18.2 Å². The number of anilines is 6. The summed E-state index contributed by atoms with van der Waals surface area (Å²) in [5.41, 5.74) is 7.15. The molecule has 0 saturated carbocycles. The molecule has 21 heteroatoms. The van der Waals surface area contributed by atoms with Gasteiger partial charge in [0.25, 0.3) is 0 Å². The van der Waals surface area contributed by atoms with E-state index in [0.717, 1.165) is 106 Å². The minimum atomic E-state index is -3.65. The van der Waals surface area contributed by atoms with Gasteiger partial charge in [-0.3, -0.25) is 43.6 Å². The second-order valence-electron chi connectivity index (χ2n) is 17.5. The Hall–Kier alpha value is -6.16. The van der Waals surface area contributed by atoms with Gasteiger partial charge in [0.15, 0.2) is 0 Å². The fourth-order valence-electron chi connectivity index (χ4n) is 9.89. The Morgan fingerprint density at radius 2 is 1.68 bits per heavy atom. The summed E-state index contributed by atoms with van der Waals surface area (Å²) in [4.78, 5) is 63.9. The maximum Gasteiger partial charge on any atom is 0.329 e. The third kappa shape index (κ3) is 9.74. The molecule has 3 aliphatic heterocycles. The molecule has 6 heterocycles. The third-order valence-electron chi connectivity index (χ3n) is 13.3. The molecule has 1 atom stereocenters. The highest BCUT2D eigenvalue weighted by molar-refractivity contribution is 9.10. The summed E-state index contributed by atoms with van der Waals surface area (Å²) in [5.74, 6) is 0.653. The molecule has 1 unspecified atom stereocenters. The highest BCUT2D eigenvalue weighted by Crippen LogP contribution is 2.38. The van der Waals surface area contributed by atoms with Crippen molar-refractivity contribution in [1.29, 1.82) is 0 Å². The summed E-state index contributed by atoms with van der Waals surface area (Å²) in [5, 5.41) is 9.02. The lowest BCUT2D eigenvalue weighted by Crippen LogP contribution is -2.53. The Labute approximate surface area is 402 Å². The van der Waals surface area contributed by atoms with Crippen LogP contribution in [0.3, 0.4) is 0 Å². The summed E-state index contributed by atoms with van der Waals surface area (Å²) in [6.45, 7) is 11.3. The zero-order chi connectivity index (χ0) is 47.7. The Morgan fingerprint density at radius 3 is 2.40 bits per heavy atom. The molecule has 6 aromatic rings. The molecule has 0 aliphatic carbocycles. The van der Waals surface area contributed by atoms with Gasteiger partial charge in [-0.15, -0.1) is 0 Å². The molecule has 0 radical (unpaired) electrons. The predicted octanol–water partition coefficient (Wildman–Crippen LogP) is 5.56. The fourth-order valence-corrected chi connectivity index (χ4v) is 10.8. The number of amides is 2.